The number of ether oxygens (including phenoxy) is 1. The van der Waals surface area contributed by atoms with E-state index in [1.165, 1.54) is 7.11 Å². The monoisotopic (exact) mass is 179 g/mol. The van der Waals surface area contributed by atoms with Gasteiger partial charge in [0.1, 0.15) is 0 Å². The van der Waals surface area contributed by atoms with Crippen LogP contribution in [0.3, 0.4) is 0 Å². The van der Waals surface area contributed by atoms with E-state index in [0.717, 1.165) is 5.56 Å². The van der Waals surface area contributed by atoms with Crippen molar-refractivity contribution in [1.82, 2.24) is 4.98 Å². The van der Waals surface area contributed by atoms with Crippen LogP contribution in [0.1, 0.15) is 29.3 Å². The number of nitrogens with zero attached hydrogens (tertiary/aromatic N) is 1. The van der Waals surface area contributed by atoms with Crippen molar-refractivity contribution < 1.29 is 9.53 Å². The number of ketones is 1. The van der Waals surface area contributed by atoms with Crippen LogP contribution in [0.2, 0.25) is 0 Å². The minimum absolute atomic E-state index is 0.0630. The number of carbonyl (C=O) groups is 1. The minimum atomic E-state index is 0.0630. The molecule has 0 radical (unpaired) electrons. The molecule has 1 aromatic heterocycles. The number of rotatable bonds is 3. The Morgan fingerprint density at radius 2 is 2.31 bits per heavy atom. The van der Waals surface area contributed by atoms with Crippen LogP contribution in [0, 0.1) is 6.92 Å². The lowest BCUT2D eigenvalue weighted by Gasteiger charge is -2.05. The summed E-state index contributed by atoms with van der Waals surface area (Å²) in [6.45, 7) is 3.73. The molecule has 0 saturated heterocycles. The zero-order valence-corrected chi connectivity index (χ0v) is 8.13. The fourth-order valence-corrected chi connectivity index (χ4v) is 1.11. The standard InChI is InChI=1S/C10H13NO2/c1-4-9(12)8-5-7(2)6-11-10(8)13-3/h5-6H,4H2,1-3H3. The Kier molecular flexibility index (Phi) is 3.01. The highest BCUT2D eigenvalue weighted by Crippen LogP contribution is 2.17. The number of pyridine rings is 1. The number of aryl methyl sites for hydroxylation is 1. The zero-order chi connectivity index (χ0) is 9.84. The molecule has 1 heterocycles. The van der Waals surface area contributed by atoms with Gasteiger partial charge in [0.25, 0.3) is 0 Å². The van der Waals surface area contributed by atoms with Gasteiger partial charge in [-0.25, -0.2) is 4.98 Å². The second kappa shape index (κ2) is 4.03. The highest BCUT2D eigenvalue weighted by atomic mass is 16.5. The van der Waals surface area contributed by atoms with E-state index in [1.807, 2.05) is 13.8 Å². The summed E-state index contributed by atoms with van der Waals surface area (Å²) in [5.74, 6) is 0.477. The van der Waals surface area contributed by atoms with E-state index in [-0.39, 0.29) is 5.78 Å². The fraction of sp³-hybridized carbons (Fsp3) is 0.400. The van der Waals surface area contributed by atoms with Crippen LogP contribution in [-0.2, 0) is 0 Å². The smallest absolute Gasteiger partial charge is 0.224 e. The molecule has 3 heteroatoms. The van der Waals surface area contributed by atoms with Crippen molar-refractivity contribution in [1.29, 1.82) is 0 Å². The quantitative estimate of drug-likeness (QED) is 0.666. The minimum Gasteiger partial charge on any atom is -0.480 e. The number of Topliss-reactive ketones (excluding diaryl/α,β-unsaturated/α-hetero) is 1. The third-order valence-corrected chi connectivity index (χ3v) is 1.80. The summed E-state index contributed by atoms with van der Waals surface area (Å²) in [7, 11) is 1.52. The van der Waals surface area contributed by atoms with Gasteiger partial charge in [-0.1, -0.05) is 6.92 Å². The summed E-state index contributed by atoms with van der Waals surface area (Å²) >= 11 is 0. The molecule has 3 nitrogen and oxygen atoms in total. The molecule has 0 N–H and O–H groups in total. The van der Waals surface area contributed by atoms with Crippen LogP contribution in [0.15, 0.2) is 12.3 Å². The van der Waals surface area contributed by atoms with Gasteiger partial charge in [0.15, 0.2) is 5.78 Å². The normalized spacial score (nSPS) is 9.77. The highest BCUT2D eigenvalue weighted by Gasteiger charge is 2.11. The first kappa shape index (κ1) is 9.71. The predicted octanol–water partition coefficient (Wildman–Crippen LogP) is 1.99. The molecule has 70 valence electrons. The van der Waals surface area contributed by atoms with Crippen molar-refractivity contribution in [2.75, 3.05) is 7.11 Å². The molecule has 0 bridgehead atoms. The molecule has 0 fully saturated rings. The molecular formula is C10H13NO2. The largest absolute Gasteiger partial charge is 0.480 e. The maximum atomic E-state index is 11.4. The SMILES string of the molecule is CCC(=O)c1cc(C)cnc1OC. The average molecular weight is 179 g/mol. The van der Waals surface area contributed by atoms with E-state index in [9.17, 15) is 4.79 Å². The Labute approximate surface area is 77.8 Å². The van der Waals surface area contributed by atoms with Crippen molar-refractivity contribution in [3.05, 3.63) is 23.4 Å². The number of hydrogen-bond acceptors (Lipinski definition) is 3. The maximum Gasteiger partial charge on any atom is 0.224 e. The number of methoxy groups -OCH3 is 1. The van der Waals surface area contributed by atoms with Crippen LogP contribution in [0.25, 0.3) is 0 Å². The summed E-state index contributed by atoms with van der Waals surface area (Å²) in [4.78, 5) is 15.4. The Hall–Kier alpha value is -1.38. The van der Waals surface area contributed by atoms with E-state index in [1.54, 1.807) is 12.3 Å². The fourth-order valence-electron chi connectivity index (χ4n) is 1.11. The van der Waals surface area contributed by atoms with Crippen LogP contribution < -0.4 is 4.74 Å². The van der Waals surface area contributed by atoms with Gasteiger partial charge in [-0.15, -0.1) is 0 Å². The Bertz CT molecular complexity index is 321. The molecule has 0 aliphatic carbocycles. The second-order valence-corrected chi connectivity index (χ2v) is 2.85. The average Bonchev–Trinajstić information content (AvgIpc) is 2.16. The molecule has 1 rings (SSSR count). The van der Waals surface area contributed by atoms with Crippen LogP contribution >= 0.6 is 0 Å². The van der Waals surface area contributed by atoms with Gasteiger partial charge in [-0.3, -0.25) is 4.79 Å². The lowest BCUT2D eigenvalue weighted by atomic mass is 10.1. The molecule has 0 amide bonds. The van der Waals surface area contributed by atoms with E-state index in [2.05, 4.69) is 4.98 Å². The molecule has 0 aliphatic rings. The molecular weight excluding hydrogens is 166 g/mol. The van der Waals surface area contributed by atoms with Gasteiger partial charge in [0.05, 0.1) is 12.7 Å². The van der Waals surface area contributed by atoms with Gasteiger partial charge in [0, 0.05) is 12.6 Å². The van der Waals surface area contributed by atoms with Gasteiger partial charge >= 0.3 is 0 Å². The molecule has 0 aliphatic heterocycles. The van der Waals surface area contributed by atoms with Crippen molar-refractivity contribution in [3.8, 4) is 5.88 Å². The number of carbonyl (C=O) groups excluding carboxylic acids is 1. The van der Waals surface area contributed by atoms with E-state index in [4.69, 9.17) is 4.74 Å². The van der Waals surface area contributed by atoms with Crippen molar-refractivity contribution in [2.45, 2.75) is 20.3 Å². The molecule has 1 aromatic rings. The first-order chi connectivity index (χ1) is 6.19. The summed E-state index contributed by atoms with van der Waals surface area (Å²) in [5.41, 5.74) is 1.54. The summed E-state index contributed by atoms with van der Waals surface area (Å²) in [6.07, 6.45) is 2.16. The predicted molar refractivity (Wildman–Crippen MR) is 50.1 cm³/mol. The van der Waals surface area contributed by atoms with Gasteiger partial charge in [0.2, 0.25) is 5.88 Å². The molecule has 0 atom stereocenters. The van der Waals surface area contributed by atoms with Gasteiger partial charge < -0.3 is 4.74 Å². The summed E-state index contributed by atoms with van der Waals surface area (Å²) < 4.78 is 4.99. The van der Waals surface area contributed by atoms with Crippen molar-refractivity contribution in [2.24, 2.45) is 0 Å². The number of hydrogen-bond donors (Lipinski definition) is 0. The molecule has 0 saturated carbocycles. The van der Waals surface area contributed by atoms with E-state index < -0.39 is 0 Å². The third-order valence-electron chi connectivity index (χ3n) is 1.80. The lowest BCUT2D eigenvalue weighted by Crippen LogP contribution is -2.02. The van der Waals surface area contributed by atoms with E-state index in [0.29, 0.717) is 17.9 Å². The highest BCUT2D eigenvalue weighted by molar-refractivity contribution is 5.98. The molecule has 13 heavy (non-hydrogen) atoms. The molecule has 0 aromatic carbocycles. The Morgan fingerprint density at radius 1 is 1.62 bits per heavy atom. The van der Waals surface area contributed by atoms with Crippen LogP contribution in [-0.4, -0.2) is 17.9 Å². The number of aromatic nitrogens is 1. The second-order valence-electron chi connectivity index (χ2n) is 2.85. The van der Waals surface area contributed by atoms with Gasteiger partial charge in [-0.2, -0.15) is 0 Å². The molecule has 0 spiro atoms. The zero-order valence-electron chi connectivity index (χ0n) is 8.13. The third kappa shape index (κ3) is 2.05. The Morgan fingerprint density at radius 3 is 2.85 bits per heavy atom. The molecule has 0 unspecified atom stereocenters. The summed E-state index contributed by atoms with van der Waals surface area (Å²) in [6, 6.07) is 1.80. The summed E-state index contributed by atoms with van der Waals surface area (Å²) in [5, 5.41) is 0. The van der Waals surface area contributed by atoms with Crippen LogP contribution in [0.4, 0.5) is 0 Å². The van der Waals surface area contributed by atoms with E-state index >= 15 is 0 Å². The first-order valence-electron chi connectivity index (χ1n) is 4.22. The van der Waals surface area contributed by atoms with Crippen LogP contribution in [0.5, 0.6) is 5.88 Å². The lowest BCUT2D eigenvalue weighted by molar-refractivity contribution is 0.0984. The maximum absolute atomic E-state index is 11.4. The topological polar surface area (TPSA) is 39.2 Å². The van der Waals surface area contributed by atoms with Gasteiger partial charge in [-0.05, 0) is 18.6 Å². The first-order valence-corrected chi connectivity index (χ1v) is 4.22. The van der Waals surface area contributed by atoms with Crippen molar-refractivity contribution >= 4 is 5.78 Å². The Balaban J connectivity index is 3.15. The van der Waals surface area contributed by atoms with Crippen molar-refractivity contribution in [3.63, 3.8) is 0 Å².